The fraction of sp³-hybridized carbons (Fsp3) is 0.909. The molecule has 0 aliphatic rings. The molecule has 0 atom stereocenters. The predicted molar refractivity (Wildman–Crippen MR) is 62.8 cm³/mol. The zero-order valence-corrected chi connectivity index (χ0v) is 10.6. The molecule has 0 saturated heterocycles. The molecule has 5 nitrogen and oxygen atoms in total. The summed E-state index contributed by atoms with van der Waals surface area (Å²) >= 11 is 0. The molecule has 0 amide bonds. The van der Waals surface area contributed by atoms with Gasteiger partial charge in [-0.3, -0.25) is 4.79 Å². The molecule has 0 aliphatic heterocycles. The standard InChI is InChI=1S/C11H21N3O2/c1-9(2)11(3,4)10(15)16-8-6-5-7-13-14-12/h9H,5-8H2,1-4H3. The predicted octanol–water partition coefficient (Wildman–Crippen LogP) is 3.30. The first-order valence-electron chi connectivity index (χ1n) is 5.61. The highest BCUT2D eigenvalue weighted by Gasteiger charge is 2.32. The van der Waals surface area contributed by atoms with Crippen LogP contribution >= 0.6 is 0 Å². The molecule has 0 fully saturated rings. The Morgan fingerprint density at radius 2 is 2.06 bits per heavy atom. The number of unbranched alkanes of at least 4 members (excludes halogenated alkanes) is 1. The number of rotatable bonds is 7. The Kier molecular flexibility index (Phi) is 6.58. The van der Waals surface area contributed by atoms with Crippen LogP contribution in [-0.4, -0.2) is 19.1 Å². The van der Waals surface area contributed by atoms with E-state index >= 15 is 0 Å². The quantitative estimate of drug-likeness (QED) is 0.220. The van der Waals surface area contributed by atoms with E-state index in [1.807, 2.05) is 27.7 Å². The molecular weight excluding hydrogens is 206 g/mol. The van der Waals surface area contributed by atoms with Crippen molar-refractivity contribution in [2.24, 2.45) is 16.4 Å². The third-order valence-electron chi connectivity index (χ3n) is 2.92. The molecule has 0 aromatic rings. The SMILES string of the molecule is CC(C)C(C)(C)C(=O)OCCCCN=[N+]=[N-]. The Bertz CT molecular complexity index is 268. The van der Waals surface area contributed by atoms with E-state index in [4.69, 9.17) is 10.3 Å². The van der Waals surface area contributed by atoms with Gasteiger partial charge >= 0.3 is 5.97 Å². The number of azide groups is 1. The third kappa shape index (κ3) is 5.03. The number of carbonyl (C=O) groups excluding carboxylic acids is 1. The van der Waals surface area contributed by atoms with Gasteiger partial charge in [0.15, 0.2) is 0 Å². The highest BCUT2D eigenvalue weighted by Crippen LogP contribution is 2.27. The Hall–Kier alpha value is -1.22. The molecule has 0 rings (SSSR count). The van der Waals surface area contributed by atoms with Crippen LogP contribution in [0.25, 0.3) is 10.4 Å². The summed E-state index contributed by atoms with van der Waals surface area (Å²) in [4.78, 5) is 14.3. The van der Waals surface area contributed by atoms with Crippen molar-refractivity contribution >= 4 is 5.97 Å². The van der Waals surface area contributed by atoms with Crippen LogP contribution in [0.5, 0.6) is 0 Å². The molecule has 0 aromatic carbocycles. The molecule has 0 saturated carbocycles. The zero-order chi connectivity index (χ0) is 12.6. The second-order valence-electron chi connectivity index (χ2n) is 4.67. The van der Waals surface area contributed by atoms with Crippen molar-refractivity contribution in [1.29, 1.82) is 0 Å². The van der Waals surface area contributed by atoms with Gasteiger partial charge in [-0.25, -0.2) is 0 Å². The summed E-state index contributed by atoms with van der Waals surface area (Å²) in [6.07, 6.45) is 1.48. The minimum absolute atomic E-state index is 0.161. The van der Waals surface area contributed by atoms with Crippen LogP contribution in [0.2, 0.25) is 0 Å². The topological polar surface area (TPSA) is 75.1 Å². The van der Waals surface area contributed by atoms with Gasteiger partial charge < -0.3 is 4.74 Å². The zero-order valence-electron chi connectivity index (χ0n) is 10.6. The van der Waals surface area contributed by atoms with Crippen molar-refractivity contribution < 1.29 is 9.53 Å². The number of hydrogen-bond acceptors (Lipinski definition) is 3. The van der Waals surface area contributed by atoms with Gasteiger partial charge in [0.2, 0.25) is 0 Å². The van der Waals surface area contributed by atoms with Gasteiger partial charge in [-0.2, -0.15) is 0 Å². The first kappa shape index (κ1) is 14.8. The second-order valence-corrected chi connectivity index (χ2v) is 4.67. The lowest BCUT2D eigenvalue weighted by molar-refractivity contribution is -0.156. The second kappa shape index (κ2) is 7.12. The smallest absolute Gasteiger partial charge is 0.311 e. The molecule has 5 heteroatoms. The largest absolute Gasteiger partial charge is 0.465 e. The van der Waals surface area contributed by atoms with E-state index in [0.717, 1.165) is 12.8 Å². The highest BCUT2D eigenvalue weighted by molar-refractivity contribution is 5.76. The average Bonchev–Trinajstić information content (AvgIpc) is 2.22. The molecule has 0 aromatic heterocycles. The maximum atomic E-state index is 11.7. The summed E-state index contributed by atoms with van der Waals surface area (Å²) in [6, 6.07) is 0. The monoisotopic (exact) mass is 227 g/mol. The van der Waals surface area contributed by atoms with Crippen molar-refractivity contribution in [2.45, 2.75) is 40.5 Å². The fourth-order valence-corrected chi connectivity index (χ4v) is 0.916. The molecule has 0 heterocycles. The van der Waals surface area contributed by atoms with Crippen molar-refractivity contribution in [3.05, 3.63) is 10.4 Å². The molecular formula is C11H21N3O2. The number of esters is 1. The van der Waals surface area contributed by atoms with Gasteiger partial charge in [-0.1, -0.05) is 19.0 Å². The van der Waals surface area contributed by atoms with Crippen molar-refractivity contribution in [1.82, 2.24) is 0 Å². The van der Waals surface area contributed by atoms with E-state index < -0.39 is 5.41 Å². The van der Waals surface area contributed by atoms with Crippen LogP contribution in [0.3, 0.4) is 0 Å². The van der Waals surface area contributed by atoms with E-state index in [2.05, 4.69) is 10.0 Å². The van der Waals surface area contributed by atoms with Gasteiger partial charge in [0, 0.05) is 11.5 Å². The Balaban J connectivity index is 3.77. The first-order valence-corrected chi connectivity index (χ1v) is 5.61. The minimum Gasteiger partial charge on any atom is -0.465 e. The summed E-state index contributed by atoms with van der Waals surface area (Å²) in [5.74, 6) is 0.0921. The highest BCUT2D eigenvalue weighted by atomic mass is 16.5. The molecule has 0 N–H and O–H groups in total. The summed E-state index contributed by atoms with van der Waals surface area (Å²) in [5, 5.41) is 3.41. The summed E-state index contributed by atoms with van der Waals surface area (Å²) in [7, 11) is 0. The summed E-state index contributed by atoms with van der Waals surface area (Å²) in [5.41, 5.74) is 7.61. The summed E-state index contributed by atoms with van der Waals surface area (Å²) in [6.45, 7) is 8.64. The molecule has 0 radical (unpaired) electrons. The number of nitrogens with zero attached hydrogens (tertiary/aromatic N) is 3. The maximum Gasteiger partial charge on any atom is 0.311 e. The van der Waals surface area contributed by atoms with Crippen LogP contribution < -0.4 is 0 Å². The number of ether oxygens (including phenoxy) is 1. The van der Waals surface area contributed by atoms with Gasteiger partial charge in [0.25, 0.3) is 0 Å². The molecule has 92 valence electrons. The van der Waals surface area contributed by atoms with Gasteiger partial charge in [-0.15, -0.1) is 0 Å². The van der Waals surface area contributed by atoms with E-state index in [1.165, 1.54) is 0 Å². The molecule has 16 heavy (non-hydrogen) atoms. The number of hydrogen-bond donors (Lipinski definition) is 0. The lowest BCUT2D eigenvalue weighted by Crippen LogP contribution is -2.32. The summed E-state index contributed by atoms with van der Waals surface area (Å²) < 4.78 is 5.17. The Morgan fingerprint density at radius 1 is 1.44 bits per heavy atom. The van der Waals surface area contributed by atoms with Crippen molar-refractivity contribution in [2.75, 3.05) is 13.2 Å². The van der Waals surface area contributed by atoms with Crippen LogP contribution in [0.1, 0.15) is 40.5 Å². The Morgan fingerprint density at radius 3 is 2.56 bits per heavy atom. The van der Waals surface area contributed by atoms with Crippen LogP contribution in [0.4, 0.5) is 0 Å². The molecule has 0 aliphatic carbocycles. The first-order chi connectivity index (χ1) is 7.42. The van der Waals surface area contributed by atoms with Gasteiger partial charge in [0.1, 0.15) is 0 Å². The van der Waals surface area contributed by atoms with Gasteiger partial charge in [-0.05, 0) is 38.1 Å². The molecule has 0 unspecified atom stereocenters. The minimum atomic E-state index is -0.440. The van der Waals surface area contributed by atoms with Crippen molar-refractivity contribution in [3.63, 3.8) is 0 Å². The van der Waals surface area contributed by atoms with Crippen LogP contribution in [0, 0.1) is 11.3 Å². The number of carbonyl (C=O) groups is 1. The fourth-order valence-electron chi connectivity index (χ4n) is 0.916. The molecule has 0 bridgehead atoms. The molecule has 0 spiro atoms. The lowest BCUT2D eigenvalue weighted by Gasteiger charge is -2.26. The Labute approximate surface area is 96.8 Å². The van der Waals surface area contributed by atoms with E-state index in [-0.39, 0.29) is 11.9 Å². The van der Waals surface area contributed by atoms with Crippen LogP contribution in [-0.2, 0) is 9.53 Å². The van der Waals surface area contributed by atoms with Crippen molar-refractivity contribution in [3.8, 4) is 0 Å². The van der Waals surface area contributed by atoms with Gasteiger partial charge in [0.05, 0.1) is 12.0 Å². The maximum absolute atomic E-state index is 11.7. The van der Waals surface area contributed by atoms with E-state index in [1.54, 1.807) is 0 Å². The van der Waals surface area contributed by atoms with E-state index in [9.17, 15) is 4.79 Å². The van der Waals surface area contributed by atoms with E-state index in [0.29, 0.717) is 13.2 Å². The lowest BCUT2D eigenvalue weighted by atomic mass is 9.81. The average molecular weight is 227 g/mol. The van der Waals surface area contributed by atoms with Crippen LogP contribution in [0.15, 0.2) is 5.11 Å². The normalized spacial score (nSPS) is 11.1. The third-order valence-corrected chi connectivity index (χ3v) is 2.92.